The van der Waals surface area contributed by atoms with Crippen LogP contribution in [0.2, 0.25) is 0 Å². The van der Waals surface area contributed by atoms with Gasteiger partial charge in [0.1, 0.15) is 0 Å². The first kappa shape index (κ1) is 14.9. The molecule has 1 saturated heterocycles. The summed E-state index contributed by atoms with van der Waals surface area (Å²) in [6, 6.07) is 5.87. The molecule has 2 aromatic heterocycles. The van der Waals surface area contributed by atoms with Crippen LogP contribution < -0.4 is 4.90 Å². The van der Waals surface area contributed by atoms with Crippen LogP contribution in [-0.4, -0.2) is 40.8 Å². The number of ether oxygens (including phenoxy) is 1. The van der Waals surface area contributed by atoms with Crippen LogP contribution in [0, 0.1) is 0 Å². The lowest BCUT2D eigenvalue weighted by atomic mass is 10.1. The van der Waals surface area contributed by atoms with Gasteiger partial charge in [0.2, 0.25) is 5.95 Å². The smallest absolute Gasteiger partial charge is 0.225 e. The summed E-state index contributed by atoms with van der Waals surface area (Å²) < 4.78 is 5.89. The number of anilines is 1. The van der Waals surface area contributed by atoms with E-state index in [4.69, 9.17) is 9.72 Å². The highest BCUT2D eigenvalue weighted by Gasteiger charge is 2.22. The van der Waals surface area contributed by atoms with E-state index in [1.165, 1.54) is 0 Å². The Bertz CT molecular complexity index is 590. The molecule has 1 aliphatic heterocycles. The molecule has 116 valence electrons. The van der Waals surface area contributed by atoms with Gasteiger partial charge in [0.25, 0.3) is 0 Å². The molecule has 0 amide bonds. The van der Waals surface area contributed by atoms with Crippen molar-refractivity contribution in [1.29, 1.82) is 0 Å². The number of pyridine rings is 1. The Morgan fingerprint density at radius 1 is 1.32 bits per heavy atom. The largest absolute Gasteiger partial charge is 0.376 e. The molecule has 3 heterocycles. The van der Waals surface area contributed by atoms with Crippen LogP contribution in [0.25, 0.3) is 11.3 Å². The fourth-order valence-corrected chi connectivity index (χ4v) is 2.72. The topological polar surface area (TPSA) is 51.1 Å². The van der Waals surface area contributed by atoms with Gasteiger partial charge in [-0.05, 0) is 37.5 Å². The molecule has 0 aromatic carbocycles. The van der Waals surface area contributed by atoms with Gasteiger partial charge in [-0.25, -0.2) is 9.97 Å². The Morgan fingerprint density at radius 3 is 3.09 bits per heavy atom. The highest BCUT2D eigenvalue weighted by molar-refractivity contribution is 5.58. The molecule has 3 rings (SSSR count). The summed E-state index contributed by atoms with van der Waals surface area (Å²) in [7, 11) is 0. The fourth-order valence-electron chi connectivity index (χ4n) is 2.72. The fraction of sp³-hybridized carbons (Fsp3) is 0.471. The zero-order chi connectivity index (χ0) is 15.2. The highest BCUT2D eigenvalue weighted by Crippen LogP contribution is 2.21. The third-order valence-corrected chi connectivity index (χ3v) is 3.82. The first-order chi connectivity index (χ1) is 10.9. The molecule has 1 fully saturated rings. The van der Waals surface area contributed by atoms with Gasteiger partial charge in [0.05, 0.1) is 11.8 Å². The standard InChI is InChI=1S/C17H22N4O/c1-2-11-22-15-6-4-10-21(13-15)17-19-9-7-16(20-17)14-5-3-8-18-12-14/h3,5,7-9,12,15H,2,4,6,10-11,13H2,1H3/t15-/m0/s1. The second-order valence-electron chi connectivity index (χ2n) is 5.56. The van der Waals surface area contributed by atoms with Gasteiger partial charge in [-0.1, -0.05) is 6.92 Å². The van der Waals surface area contributed by atoms with Crippen molar-refractivity contribution >= 4 is 5.95 Å². The third-order valence-electron chi connectivity index (χ3n) is 3.82. The molecule has 22 heavy (non-hydrogen) atoms. The molecule has 1 aliphatic rings. The van der Waals surface area contributed by atoms with E-state index in [9.17, 15) is 0 Å². The third kappa shape index (κ3) is 3.60. The number of piperidine rings is 1. The van der Waals surface area contributed by atoms with Crippen LogP contribution in [0.4, 0.5) is 5.95 Å². The highest BCUT2D eigenvalue weighted by atomic mass is 16.5. The van der Waals surface area contributed by atoms with Crippen LogP contribution >= 0.6 is 0 Å². The minimum absolute atomic E-state index is 0.291. The van der Waals surface area contributed by atoms with Crippen molar-refractivity contribution in [2.24, 2.45) is 0 Å². The molecule has 0 aliphatic carbocycles. The maximum atomic E-state index is 5.89. The van der Waals surface area contributed by atoms with Crippen LogP contribution in [-0.2, 0) is 4.74 Å². The van der Waals surface area contributed by atoms with E-state index in [2.05, 4.69) is 21.8 Å². The number of nitrogens with zero attached hydrogens (tertiary/aromatic N) is 4. The molecule has 1 atom stereocenters. The molecule has 0 radical (unpaired) electrons. The molecule has 0 bridgehead atoms. The normalized spacial score (nSPS) is 18.4. The predicted molar refractivity (Wildman–Crippen MR) is 86.7 cm³/mol. The second-order valence-corrected chi connectivity index (χ2v) is 5.56. The van der Waals surface area contributed by atoms with E-state index in [0.717, 1.165) is 56.2 Å². The number of hydrogen-bond donors (Lipinski definition) is 0. The Hall–Kier alpha value is -2.01. The molecule has 5 nitrogen and oxygen atoms in total. The second kappa shape index (κ2) is 7.31. The van der Waals surface area contributed by atoms with E-state index < -0.39 is 0 Å². The maximum Gasteiger partial charge on any atom is 0.225 e. The van der Waals surface area contributed by atoms with E-state index in [0.29, 0.717) is 6.10 Å². The minimum atomic E-state index is 0.291. The van der Waals surface area contributed by atoms with Gasteiger partial charge in [-0.15, -0.1) is 0 Å². The Labute approximate surface area is 131 Å². The van der Waals surface area contributed by atoms with Crippen LogP contribution in [0.15, 0.2) is 36.8 Å². The number of rotatable bonds is 5. The van der Waals surface area contributed by atoms with E-state index in [-0.39, 0.29) is 0 Å². The first-order valence-corrected chi connectivity index (χ1v) is 7.97. The van der Waals surface area contributed by atoms with Crippen molar-refractivity contribution in [3.05, 3.63) is 36.8 Å². The molecule has 0 unspecified atom stereocenters. The van der Waals surface area contributed by atoms with E-state index in [1.54, 1.807) is 6.20 Å². The van der Waals surface area contributed by atoms with Crippen molar-refractivity contribution in [3.8, 4) is 11.3 Å². The number of aromatic nitrogens is 3. The summed E-state index contributed by atoms with van der Waals surface area (Å²) in [4.78, 5) is 15.5. The Balaban J connectivity index is 1.74. The van der Waals surface area contributed by atoms with Crippen molar-refractivity contribution in [1.82, 2.24) is 15.0 Å². The maximum absolute atomic E-state index is 5.89. The zero-order valence-electron chi connectivity index (χ0n) is 13.0. The van der Waals surface area contributed by atoms with Gasteiger partial charge >= 0.3 is 0 Å². The van der Waals surface area contributed by atoms with Gasteiger partial charge < -0.3 is 9.64 Å². The summed E-state index contributed by atoms with van der Waals surface area (Å²) in [6.45, 7) is 4.83. The molecular formula is C17H22N4O. The van der Waals surface area contributed by atoms with Gasteiger partial charge in [0, 0.05) is 43.9 Å². The predicted octanol–water partition coefficient (Wildman–Crippen LogP) is 2.93. The van der Waals surface area contributed by atoms with Crippen LogP contribution in [0.5, 0.6) is 0 Å². The Morgan fingerprint density at radius 2 is 2.27 bits per heavy atom. The lowest BCUT2D eigenvalue weighted by Crippen LogP contribution is -2.40. The van der Waals surface area contributed by atoms with Crippen molar-refractivity contribution in [2.45, 2.75) is 32.3 Å². The van der Waals surface area contributed by atoms with Crippen molar-refractivity contribution in [3.63, 3.8) is 0 Å². The minimum Gasteiger partial charge on any atom is -0.376 e. The van der Waals surface area contributed by atoms with Crippen molar-refractivity contribution in [2.75, 3.05) is 24.6 Å². The lowest BCUT2D eigenvalue weighted by molar-refractivity contribution is 0.0437. The molecule has 0 saturated carbocycles. The average molecular weight is 298 g/mol. The SMILES string of the molecule is CCCO[C@H]1CCCN(c2nccc(-c3cccnc3)n2)C1. The molecule has 0 N–H and O–H groups in total. The summed E-state index contributed by atoms with van der Waals surface area (Å²) >= 11 is 0. The van der Waals surface area contributed by atoms with Gasteiger partial charge in [0.15, 0.2) is 0 Å². The van der Waals surface area contributed by atoms with Gasteiger partial charge in [-0.3, -0.25) is 4.98 Å². The average Bonchev–Trinajstić information content (AvgIpc) is 2.61. The lowest BCUT2D eigenvalue weighted by Gasteiger charge is -2.32. The summed E-state index contributed by atoms with van der Waals surface area (Å²) in [5.74, 6) is 0.783. The van der Waals surface area contributed by atoms with Crippen LogP contribution in [0.1, 0.15) is 26.2 Å². The van der Waals surface area contributed by atoms with Crippen molar-refractivity contribution < 1.29 is 4.74 Å². The molecule has 0 spiro atoms. The molecular weight excluding hydrogens is 276 g/mol. The van der Waals surface area contributed by atoms with Gasteiger partial charge in [-0.2, -0.15) is 0 Å². The quantitative estimate of drug-likeness (QED) is 0.849. The first-order valence-electron chi connectivity index (χ1n) is 7.97. The summed E-state index contributed by atoms with van der Waals surface area (Å²) in [6.07, 6.45) is 9.01. The molecule has 5 heteroatoms. The zero-order valence-corrected chi connectivity index (χ0v) is 13.0. The van der Waals surface area contributed by atoms with Crippen LogP contribution in [0.3, 0.4) is 0 Å². The summed E-state index contributed by atoms with van der Waals surface area (Å²) in [5.41, 5.74) is 1.93. The van der Waals surface area contributed by atoms with E-state index >= 15 is 0 Å². The monoisotopic (exact) mass is 298 g/mol. The van der Waals surface area contributed by atoms with E-state index in [1.807, 2.05) is 30.6 Å². The Kier molecular flexibility index (Phi) is 4.96. The summed E-state index contributed by atoms with van der Waals surface area (Å²) in [5, 5.41) is 0. The number of hydrogen-bond acceptors (Lipinski definition) is 5. The molecule has 2 aromatic rings.